The van der Waals surface area contributed by atoms with E-state index in [2.05, 4.69) is 16.4 Å². The maximum Gasteiger partial charge on any atom is 0.271 e. The van der Waals surface area contributed by atoms with Gasteiger partial charge >= 0.3 is 0 Å². The molecule has 2 aromatic rings. The van der Waals surface area contributed by atoms with Gasteiger partial charge in [0, 0.05) is 18.9 Å². The van der Waals surface area contributed by atoms with E-state index < -0.39 is 0 Å². The molecule has 0 unspecified atom stereocenters. The first-order valence-corrected chi connectivity index (χ1v) is 7.64. The Bertz CT molecular complexity index is 684. The van der Waals surface area contributed by atoms with E-state index in [4.69, 9.17) is 0 Å². The third kappa shape index (κ3) is 3.32. The van der Waals surface area contributed by atoms with Gasteiger partial charge in [0.1, 0.15) is 11.3 Å². The monoisotopic (exact) mass is 283 g/mol. The molecule has 1 aliphatic rings. The fourth-order valence-electron chi connectivity index (χ4n) is 2.77. The number of nitrogens with zero attached hydrogens (tertiary/aromatic N) is 2. The summed E-state index contributed by atoms with van der Waals surface area (Å²) in [5, 5.41) is 2.97. The van der Waals surface area contributed by atoms with Gasteiger partial charge < -0.3 is 9.72 Å². The van der Waals surface area contributed by atoms with Crippen molar-refractivity contribution in [3.8, 4) is 0 Å². The maximum absolute atomic E-state index is 12.1. The Labute approximate surface area is 124 Å². The van der Waals surface area contributed by atoms with E-state index >= 15 is 0 Å². The zero-order valence-electron chi connectivity index (χ0n) is 12.4. The van der Waals surface area contributed by atoms with Gasteiger partial charge in [-0.1, -0.05) is 17.7 Å². The number of imidazole rings is 1. The molecule has 0 aliphatic heterocycles. The number of amides is 1. The SMILES string of the molecule is Cc1ccc2nc(C(=O)NCCC3=CCCCC3)cn2c1. The second-order valence-corrected chi connectivity index (χ2v) is 5.71. The number of rotatable bonds is 4. The van der Waals surface area contributed by atoms with Gasteiger partial charge in [-0.3, -0.25) is 4.79 Å². The molecule has 0 spiro atoms. The number of hydrogen-bond donors (Lipinski definition) is 1. The summed E-state index contributed by atoms with van der Waals surface area (Å²) in [4.78, 5) is 16.5. The zero-order chi connectivity index (χ0) is 14.7. The predicted molar refractivity (Wildman–Crippen MR) is 83.4 cm³/mol. The van der Waals surface area contributed by atoms with Crippen molar-refractivity contribution in [1.82, 2.24) is 14.7 Å². The number of nitrogens with one attached hydrogen (secondary N) is 1. The van der Waals surface area contributed by atoms with Crippen molar-refractivity contribution in [2.24, 2.45) is 0 Å². The van der Waals surface area contributed by atoms with Crippen LogP contribution in [0.5, 0.6) is 0 Å². The van der Waals surface area contributed by atoms with Gasteiger partial charge in [0.25, 0.3) is 5.91 Å². The highest BCUT2D eigenvalue weighted by molar-refractivity contribution is 5.92. The molecule has 1 N–H and O–H groups in total. The first-order valence-electron chi connectivity index (χ1n) is 7.64. The van der Waals surface area contributed by atoms with Crippen LogP contribution in [0.15, 0.2) is 36.2 Å². The van der Waals surface area contributed by atoms with Crippen molar-refractivity contribution in [3.05, 3.63) is 47.4 Å². The lowest BCUT2D eigenvalue weighted by Crippen LogP contribution is -2.25. The van der Waals surface area contributed by atoms with Gasteiger partial charge in [0.2, 0.25) is 0 Å². The average molecular weight is 283 g/mol. The van der Waals surface area contributed by atoms with Crippen molar-refractivity contribution in [2.75, 3.05) is 6.54 Å². The summed E-state index contributed by atoms with van der Waals surface area (Å²) in [7, 11) is 0. The Morgan fingerprint density at radius 3 is 3.05 bits per heavy atom. The van der Waals surface area contributed by atoms with Crippen molar-refractivity contribution >= 4 is 11.6 Å². The van der Waals surface area contributed by atoms with E-state index in [1.165, 1.54) is 31.3 Å². The molecule has 2 heterocycles. The van der Waals surface area contributed by atoms with Crippen LogP contribution in [0.25, 0.3) is 5.65 Å². The van der Waals surface area contributed by atoms with E-state index in [1.807, 2.05) is 29.7 Å². The lowest BCUT2D eigenvalue weighted by atomic mass is 9.97. The normalized spacial score (nSPS) is 15.0. The Kier molecular flexibility index (Phi) is 4.04. The number of pyridine rings is 1. The molecule has 0 radical (unpaired) electrons. The average Bonchev–Trinajstić information content (AvgIpc) is 2.91. The van der Waals surface area contributed by atoms with Gasteiger partial charge in [-0.25, -0.2) is 4.98 Å². The van der Waals surface area contributed by atoms with E-state index in [0.29, 0.717) is 12.2 Å². The summed E-state index contributed by atoms with van der Waals surface area (Å²) in [5.41, 5.74) is 3.92. The van der Waals surface area contributed by atoms with Crippen LogP contribution < -0.4 is 5.32 Å². The highest BCUT2D eigenvalue weighted by Crippen LogP contribution is 2.19. The minimum absolute atomic E-state index is 0.0900. The summed E-state index contributed by atoms with van der Waals surface area (Å²) in [6.07, 6.45) is 12.0. The molecule has 21 heavy (non-hydrogen) atoms. The highest BCUT2D eigenvalue weighted by atomic mass is 16.1. The van der Waals surface area contributed by atoms with Crippen molar-refractivity contribution in [2.45, 2.75) is 39.0 Å². The first-order chi connectivity index (χ1) is 10.2. The Morgan fingerprint density at radius 2 is 2.24 bits per heavy atom. The molecule has 0 bridgehead atoms. The molecule has 3 rings (SSSR count). The number of carbonyl (C=O) groups is 1. The number of allylic oxidation sites excluding steroid dienone is 1. The molecule has 2 aromatic heterocycles. The van der Waals surface area contributed by atoms with Gasteiger partial charge in [-0.05, 0) is 50.7 Å². The van der Waals surface area contributed by atoms with Gasteiger partial charge in [0.05, 0.1) is 0 Å². The molecular weight excluding hydrogens is 262 g/mol. The maximum atomic E-state index is 12.1. The summed E-state index contributed by atoms with van der Waals surface area (Å²) in [6, 6.07) is 3.93. The van der Waals surface area contributed by atoms with Crippen LogP contribution >= 0.6 is 0 Å². The topological polar surface area (TPSA) is 46.4 Å². The lowest BCUT2D eigenvalue weighted by molar-refractivity contribution is 0.0949. The van der Waals surface area contributed by atoms with Crippen LogP contribution in [0.1, 0.15) is 48.2 Å². The molecule has 0 fully saturated rings. The fourth-order valence-corrected chi connectivity index (χ4v) is 2.77. The van der Waals surface area contributed by atoms with Crippen molar-refractivity contribution in [3.63, 3.8) is 0 Å². The summed E-state index contributed by atoms with van der Waals surface area (Å²) in [5.74, 6) is -0.0900. The second-order valence-electron chi connectivity index (χ2n) is 5.71. The molecule has 4 nitrogen and oxygen atoms in total. The number of aryl methyl sites for hydroxylation is 1. The summed E-state index contributed by atoms with van der Waals surface area (Å²) >= 11 is 0. The van der Waals surface area contributed by atoms with Crippen LogP contribution in [0.4, 0.5) is 0 Å². The fraction of sp³-hybridized carbons (Fsp3) is 0.412. The number of carbonyl (C=O) groups excluding carboxylic acids is 1. The van der Waals surface area contributed by atoms with Gasteiger partial charge in [-0.2, -0.15) is 0 Å². The lowest BCUT2D eigenvalue weighted by Gasteiger charge is -2.12. The van der Waals surface area contributed by atoms with Crippen LogP contribution in [0.3, 0.4) is 0 Å². The molecule has 0 saturated carbocycles. The number of hydrogen-bond acceptors (Lipinski definition) is 2. The Morgan fingerprint density at radius 1 is 1.33 bits per heavy atom. The molecule has 110 valence electrons. The van der Waals surface area contributed by atoms with E-state index in [9.17, 15) is 4.79 Å². The molecule has 0 aromatic carbocycles. The molecule has 0 saturated heterocycles. The minimum atomic E-state index is -0.0900. The van der Waals surface area contributed by atoms with Crippen molar-refractivity contribution < 1.29 is 4.79 Å². The third-order valence-corrected chi connectivity index (χ3v) is 3.95. The highest BCUT2D eigenvalue weighted by Gasteiger charge is 2.11. The van der Waals surface area contributed by atoms with Gasteiger partial charge in [-0.15, -0.1) is 0 Å². The predicted octanol–water partition coefficient (Wildman–Crippen LogP) is 3.26. The molecule has 0 atom stereocenters. The van der Waals surface area contributed by atoms with Crippen LogP contribution in [-0.4, -0.2) is 21.8 Å². The van der Waals surface area contributed by atoms with Crippen LogP contribution in [0.2, 0.25) is 0 Å². The summed E-state index contributed by atoms with van der Waals surface area (Å²) in [6.45, 7) is 2.72. The van der Waals surface area contributed by atoms with Crippen LogP contribution in [-0.2, 0) is 0 Å². The van der Waals surface area contributed by atoms with Gasteiger partial charge in [0.15, 0.2) is 0 Å². The van der Waals surface area contributed by atoms with Crippen molar-refractivity contribution in [1.29, 1.82) is 0 Å². The molecular formula is C17H21N3O. The number of fused-ring (bicyclic) bond motifs is 1. The third-order valence-electron chi connectivity index (χ3n) is 3.95. The summed E-state index contributed by atoms with van der Waals surface area (Å²) < 4.78 is 1.90. The van der Waals surface area contributed by atoms with Crippen LogP contribution in [0, 0.1) is 6.92 Å². The zero-order valence-corrected chi connectivity index (χ0v) is 12.4. The van der Waals surface area contributed by atoms with E-state index in [-0.39, 0.29) is 5.91 Å². The molecule has 4 heteroatoms. The standard InChI is InChI=1S/C17H21N3O/c1-13-7-8-16-19-15(12-20(16)11-13)17(21)18-10-9-14-5-3-2-4-6-14/h5,7-8,11-12H,2-4,6,9-10H2,1H3,(H,18,21). The quantitative estimate of drug-likeness (QED) is 0.875. The first kappa shape index (κ1) is 13.9. The smallest absolute Gasteiger partial charge is 0.271 e. The van der Waals surface area contributed by atoms with E-state index in [0.717, 1.165) is 17.6 Å². The number of aromatic nitrogens is 2. The molecule has 1 amide bonds. The second kappa shape index (κ2) is 6.12. The molecule has 1 aliphatic carbocycles. The Balaban J connectivity index is 1.60. The van der Waals surface area contributed by atoms with E-state index in [1.54, 1.807) is 6.20 Å². The minimum Gasteiger partial charge on any atom is -0.350 e. The Hall–Kier alpha value is -2.10. The largest absolute Gasteiger partial charge is 0.350 e.